The molecular weight excluding hydrogens is 622 g/mol. The van der Waals surface area contributed by atoms with Crippen LogP contribution in [0.15, 0.2) is 36.9 Å². The molecule has 3 aliphatic rings. The highest BCUT2D eigenvalue weighted by molar-refractivity contribution is 5.85. The third-order valence-electron chi connectivity index (χ3n) is 10.4. The highest BCUT2D eigenvalue weighted by Crippen LogP contribution is 2.47. The Morgan fingerprint density at radius 1 is 0.800 bits per heavy atom. The number of imidazole rings is 1. The first-order chi connectivity index (χ1) is 23.2. The van der Waals surface area contributed by atoms with E-state index in [1.54, 1.807) is 6.33 Å². The van der Waals surface area contributed by atoms with Crippen molar-refractivity contribution in [1.29, 1.82) is 0 Å². The highest BCUT2D eigenvalue weighted by Gasteiger charge is 2.75. The van der Waals surface area contributed by atoms with Crippen LogP contribution in [0.3, 0.4) is 0 Å². The highest BCUT2D eigenvalue weighted by atomic mass is 16.7. The number of aryl methyl sites for hydroxylation is 2. The molecule has 0 saturated carbocycles. The molecule has 9 nitrogen and oxygen atoms in total. The number of hydrogen-bond acceptors (Lipinski definition) is 6. The average molecular weight is 678 g/mol. The fraction of sp³-hybridized carbons (Fsp3) is 0.537. The van der Waals surface area contributed by atoms with Gasteiger partial charge in [0.05, 0.1) is 17.5 Å². The van der Waals surface area contributed by atoms with Crippen LogP contribution >= 0.6 is 0 Å². The van der Waals surface area contributed by atoms with Gasteiger partial charge < -0.3 is 18.9 Å². The molecule has 9 heteroatoms. The molecule has 1 saturated heterocycles. The monoisotopic (exact) mass is 677 g/mol. The predicted octanol–water partition coefficient (Wildman–Crippen LogP) is 7.17. The Balaban J connectivity index is 1.32. The van der Waals surface area contributed by atoms with Crippen molar-refractivity contribution in [2.75, 3.05) is 25.5 Å². The summed E-state index contributed by atoms with van der Waals surface area (Å²) in [4.78, 5) is 15.6. The number of fused-ring (bicyclic) bond motifs is 3. The first-order valence-corrected chi connectivity index (χ1v) is 18.0. The van der Waals surface area contributed by atoms with Crippen molar-refractivity contribution in [3.05, 3.63) is 70.3 Å². The van der Waals surface area contributed by atoms with Gasteiger partial charge in [-0.15, -0.1) is 0 Å². The van der Waals surface area contributed by atoms with E-state index in [4.69, 9.17) is 9.47 Å². The summed E-state index contributed by atoms with van der Waals surface area (Å²) in [6.45, 7) is 26.6. The van der Waals surface area contributed by atoms with E-state index in [1.807, 2.05) is 25.3 Å². The fourth-order valence-electron chi connectivity index (χ4n) is 7.54. The molecule has 264 valence electrons. The van der Waals surface area contributed by atoms with E-state index in [1.165, 1.54) is 22.3 Å². The maximum absolute atomic E-state index is 7.33. The van der Waals surface area contributed by atoms with E-state index in [9.17, 15) is 0 Å². The van der Waals surface area contributed by atoms with E-state index in [0.29, 0.717) is 5.65 Å². The zero-order valence-corrected chi connectivity index (χ0v) is 32.4. The minimum absolute atomic E-state index is 0.00605. The van der Waals surface area contributed by atoms with Gasteiger partial charge >= 0.3 is 6.03 Å². The third kappa shape index (κ3) is 5.57. The van der Waals surface area contributed by atoms with Crippen molar-refractivity contribution in [2.45, 2.75) is 123 Å². The van der Waals surface area contributed by atoms with Crippen LogP contribution in [-0.4, -0.2) is 73.3 Å². The molecule has 0 amide bonds. The molecule has 0 radical (unpaired) electrons. The van der Waals surface area contributed by atoms with E-state index in [2.05, 4.69) is 142 Å². The van der Waals surface area contributed by atoms with Crippen LogP contribution < -0.4 is 14.4 Å². The van der Waals surface area contributed by atoms with Crippen molar-refractivity contribution in [2.24, 2.45) is 0 Å². The van der Waals surface area contributed by atoms with Crippen LogP contribution in [0.5, 0.6) is 11.5 Å². The van der Waals surface area contributed by atoms with E-state index in [0.717, 1.165) is 59.9 Å². The van der Waals surface area contributed by atoms with Gasteiger partial charge in [0.15, 0.2) is 35.4 Å². The largest absolute Gasteiger partial charge is 0.704 e. The summed E-state index contributed by atoms with van der Waals surface area (Å²) < 4.78 is 21.4. The SMILES string of the molecule is CN(C)c1ncnc2ncn(CCCc3cc(C(C)(C)C)cc4c3OC35Oc6c(cc(C(C)(C)C)cc6C(C)(C)C)C=[N+]3CC(C)(C)[N+]5=C4)c12. The number of anilines is 1. The van der Waals surface area contributed by atoms with E-state index in [-0.39, 0.29) is 21.8 Å². The second kappa shape index (κ2) is 11.1. The number of hydrogen-bond donors (Lipinski definition) is 0. The molecule has 1 atom stereocenters. The zero-order valence-electron chi connectivity index (χ0n) is 32.4. The molecule has 1 unspecified atom stereocenters. The molecule has 2 aromatic heterocycles. The van der Waals surface area contributed by atoms with Crippen LogP contribution in [-0.2, 0) is 29.2 Å². The van der Waals surface area contributed by atoms with Crippen molar-refractivity contribution < 1.29 is 18.6 Å². The number of aromatic nitrogens is 4. The Morgan fingerprint density at radius 3 is 2.08 bits per heavy atom. The van der Waals surface area contributed by atoms with Crippen molar-refractivity contribution in [3.63, 3.8) is 0 Å². The number of rotatable bonds is 5. The maximum atomic E-state index is 7.33. The minimum Gasteiger partial charge on any atom is -0.361 e. The molecule has 1 spiro atoms. The molecule has 0 bridgehead atoms. The summed E-state index contributed by atoms with van der Waals surface area (Å²) >= 11 is 0. The van der Waals surface area contributed by atoms with Crippen molar-refractivity contribution in [3.8, 4) is 11.5 Å². The van der Waals surface area contributed by atoms with Gasteiger partial charge in [0.25, 0.3) is 0 Å². The van der Waals surface area contributed by atoms with Gasteiger partial charge in [-0.2, -0.15) is 0 Å². The Bertz CT molecular complexity index is 2080. The lowest BCUT2D eigenvalue weighted by molar-refractivity contribution is -0.867. The minimum atomic E-state index is -1.14. The molecule has 2 aromatic carbocycles. The van der Waals surface area contributed by atoms with Crippen molar-refractivity contribution in [1.82, 2.24) is 19.5 Å². The van der Waals surface area contributed by atoms with Gasteiger partial charge in [-0.05, 0) is 57.9 Å². The van der Waals surface area contributed by atoms with Gasteiger partial charge in [0.2, 0.25) is 12.1 Å². The van der Waals surface area contributed by atoms with Crippen LogP contribution in [0.2, 0.25) is 0 Å². The molecular formula is C41H55N7O2+2. The smallest absolute Gasteiger partial charge is 0.361 e. The number of nitrogens with zero attached hydrogens (tertiary/aromatic N) is 7. The normalized spacial score (nSPS) is 19.5. The second-order valence-corrected chi connectivity index (χ2v) is 18.4. The predicted molar refractivity (Wildman–Crippen MR) is 201 cm³/mol. The molecule has 0 N–H and O–H groups in total. The lowest BCUT2D eigenvalue weighted by Crippen LogP contribution is -2.61. The molecule has 3 aliphatic heterocycles. The van der Waals surface area contributed by atoms with Gasteiger partial charge in [-0.3, -0.25) is 0 Å². The maximum Gasteiger partial charge on any atom is 0.704 e. The first kappa shape index (κ1) is 34.2. The molecule has 50 heavy (non-hydrogen) atoms. The zero-order chi connectivity index (χ0) is 36.2. The molecule has 5 heterocycles. The summed E-state index contributed by atoms with van der Waals surface area (Å²) in [5, 5.41) is 0. The lowest BCUT2D eigenvalue weighted by Gasteiger charge is -2.34. The fourth-order valence-corrected chi connectivity index (χ4v) is 7.54. The number of benzene rings is 2. The summed E-state index contributed by atoms with van der Waals surface area (Å²) in [5.41, 5.74) is 8.45. The quantitative estimate of drug-likeness (QED) is 0.209. The molecule has 0 aliphatic carbocycles. The van der Waals surface area contributed by atoms with E-state index < -0.39 is 6.03 Å². The van der Waals surface area contributed by atoms with Crippen LogP contribution in [0, 0.1) is 0 Å². The van der Waals surface area contributed by atoms with Gasteiger partial charge in [0, 0.05) is 40.1 Å². The Morgan fingerprint density at radius 2 is 1.44 bits per heavy atom. The van der Waals surface area contributed by atoms with Crippen LogP contribution in [0.25, 0.3) is 11.2 Å². The van der Waals surface area contributed by atoms with E-state index >= 15 is 0 Å². The van der Waals surface area contributed by atoms with Gasteiger partial charge in [0.1, 0.15) is 11.8 Å². The molecule has 7 rings (SSSR count). The Kier molecular flexibility index (Phi) is 7.60. The average Bonchev–Trinajstić information content (AvgIpc) is 3.51. The Labute approximate surface area is 297 Å². The first-order valence-electron chi connectivity index (χ1n) is 18.0. The third-order valence-corrected chi connectivity index (χ3v) is 10.4. The second-order valence-electron chi connectivity index (χ2n) is 18.4. The number of ether oxygens (including phenoxy) is 2. The van der Waals surface area contributed by atoms with Gasteiger partial charge in [-0.1, -0.05) is 83.6 Å². The van der Waals surface area contributed by atoms with Crippen LogP contribution in [0.4, 0.5) is 5.82 Å². The topological polar surface area (TPSA) is 71.3 Å². The molecule has 4 aromatic rings. The molecule has 1 fully saturated rings. The Hall–Kier alpha value is -4.27. The van der Waals surface area contributed by atoms with Gasteiger partial charge in [-0.25, -0.2) is 15.0 Å². The summed E-state index contributed by atoms with van der Waals surface area (Å²) in [6, 6.07) is 8.17. The summed E-state index contributed by atoms with van der Waals surface area (Å²) in [7, 11) is 4.01. The van der Waals surface area contributed by atoms with Crippen molar-refractivity contribution >= 4 is 29.4 Å². The summed E-state index contributed by atoms with van der Waals surface area (Å²) in [6.07, 6.45) is 9.76. The standard InChI is InChI=1S/C41H55N7O2/c1-37(2,3)29-17-26(15-14-16-46-25-44-35-32(46)36(45(12)13)43-24-42-35)33-28(19-29)22-48-40(10,11)23-47-21-27-18-30(38(4,5)6)20-31(39(7,8)9)34(27)50-41(47,48)49-33/h17-22,24-25H,14-16,23H2,1-13H3/q+2. The lowest BCUT2D eigenvalue weighted by atomic mass is 9.79. The summed E-state index contributed by atoms with van der Waals surface area (Å²) in [5.74, 6) is 2.67. The van der Waals surface area contributed by atoms with Crippen LogP contribution in [0.1, 0.15) is 116 Å².